The highest BCUT2D eigenvalue weighted by Gasteiger charge is 2.44. The van der Waals surface area contributed by atoms with Crippen molar-refractivity contribution in [2.75, 3.05) is 4.43 Å². The van der Waals surface area contributed by atoms with E-state index in [1.54, 1.807) is 0 Å². The summed E-state index contributed by atoms with van der Waals surface area (Å²) in [4.78, 5) is 11.8. The molecular formula is C16H13IO3. The number of benzene rings is 2. The second-order valence-corrected chi connectivity index (χ2v) is 5.54. The van der Waals surface area contributed by atoms with E-state index in [-0.39, 0.29) is 0 Å². The van der Waals surface area contributed by atoms with E-state index in [2.05, 4.69) is 22.6 Å². The van der Waals surface area contributed by atoms with Gasteiger partial charge in [-0.15, -0.1) is 0 Å². The van der Waals surface area contributed by atoms with Crippen molar-refractivity contribution >= 4 is 28.7 Å². The van der Waals surface area contributed by atoms with Crippen molar-refractivity contribution in [3.63, 3.8) is 0 Å². The van der Waals surface area contributed by atoms with Crippen molar-refractivity contribution in [1.82, 2.24) is 0 Å². The first kappa shape index (κ1) is 13.4. The molecule has 0 aromatic heterocycles. The molecule has 0 bridgehead atoms. The molecule has 0 aliphatic carbocycles. The fraction of sp³-hybridized carbons (Fsp3) is 0.188. The van der Waals surface area contributed by atoms with Gasteiger partial charge in [0.1, 0.15) is 5.75 Å². The number of carbonyl (C=O) groups is 1. The zero-order chi connectivity index (χ0) is 14.2. The average Bonchev–Trinajstić information content (AvgIpc) is 2.48. The van der Waals surface area contributed by atoms with Crippen LogP contribution in [0.15, 0.2) is 48.5 Å². The Balaban J connectivity index is 2.26. The summed E-state index contributed by atoms with van der Waals surface area (Å²) in [6.07, 6.45) is -0.651. The molecule has 3 rings (SSSR count). The summed E-state index contributed by atoms with van der Waals surface area (Å²) in [7, 11) is 0. The Labute approximate surface area is 131 Å². The zero-order valence-corrected chi connectivity index (χ0v) is 13.1. The topological polar surface area (TPSA) is 35.5 Å². The quantitative estimate of drug-likeness (QED) is 0.339. The molecule has 2 aromatic rings. The molecule has 1 heterocycles. The number of hydrogen-bond donors (Lipinski definition) is 0. The standard InChI is InChI=1S/C16H13IO3/c1-11-7-8-14-13(9-11)16(10-17,20-15(18)19-14)12-5-3-2-4-6-12/h2-9H,10H2,1H3. The molecule has 0 saturated carbocycles. The van der Waals surface area contributed by atoms with Gasteiger partial charge in [-0.2, -0.15) is 0 Å². The van der Waals surface area contributed by atoms with Gasteiger partial charge in [-0.05, 0) is 19.1 Å². The molecule has 1 aliphatic rings. The summed E-state index contributed by atoms with van der Waals surface area (Å²) >= 11 is 2.25. The van der Waals surface area contributed by atoms with Crippen LogP contribution in [0.25, 0.3) is 0 Å². The summed E-state index contributed by atoms with van der Waals surface area (Å²) in [6.45, 7) is 2.01. The van der Waals surface area contributed by atoms with E-state index >= 15 is 0 Å². The lowest BCUT2D eigenvalue weighted by Crippen LogP contribution is -2.40. The Morgan fingerprint density at radius 1 is 1.15 bits per heavy atom. The van der Waals surface area contributed by atoms with Gasteiger partial charge in [-0.25, -0.2) is 4.79 Å². The zero-order valence-electron chi connectivity index (χ0n) is 10.9. The van der Waals surface area contributed by atoms with Crippen LogP contribution in [-0.4, -0.2) is 10.6 Å². The van der Waals surface area contributed by atoms with Gasteiger partial charge in [-0.1, -0.05) is 64.6 Å². The minimum atomic E-state index is -0.779. The molecular weight excluding hydrogens is 367 g/mol. The minimum Gasteiger partial charge on any atom is -0.417 e. The van der Waals surface area contributed by atoms with Gasteiger partial charge in [0, 0.05) is 15.6 Å². The highest BCUT2D eigenvalue weighted by Crippen LogP contribution is 2.44. The molecule has 20 heavy (non-hydrogen) atoms. The molecule has 0 radical (unpaired) electrons. The lowest BCUT2D eigenvalue weighted by atomic mass is 9.86. The van der Waals surface area contributed by atoms with Crippen molar-refractivity contribution in [3.8, 4) is 5.75 Å². The first-order valence-corrected chi connectivity index (χ1v) is 7.82. The number of alkyl halides is 1. The predicted molar refractivity (Wildman–Crippen MR) is 84.4 cm³/mol. The Kier molecular flexibility index (Phi) is 3.41. The molecule has 0 fully saturated rings. The van der Waals surface area contributed by atoms with Gasteiger partial charge in [0.15, 0.2) is 5.60 Å². The van der Waals surface area contributed by atoms with Gasteiger partial charge in [0.25, 0.3) is 0 Å². The van der Waals surface area contributed by atoms with Crippen molar-refractivity contribution in [2.45, 2.75) is 12.5 Å². The molecule has 1 unspecified atom stereocenters. The Morgan fingerprint density at radius 3 is 2.60 bits per heavy atom. The third kappa shape index (κ3) is 2.08. The predicted octanol–water partition coefficient (Wildman–Crippen LogP) is 4.20. The highest BCUT2D eigenvalue weighted by molar-refractivity contribution is 14.1. The third-order valence-corrected chi connectivity index (χ3v) is 4.52. The molecule has 102 valence electrons. The van der Waals surface area contributed by atoms with E-state index in [0.717, 1.165) is 16.7 Å². The molecule has 3 nitrogen and oxygen atoms in total. The number of fused-ring (bicyclic) bond motifs is 1. The highest BCUT2D eigenvalue weighted by atomic mass is 127. The first-order valence-electron chi connectivity index (χ1n) is 6.29. The Morgan fingerprint density at radius 2 is 1.90 bits per heavy atom. The molecule has 0 N–H and O–H groups in total. The van der Waals surface area contributed by atoms with Crippen molar-refractivity contribution < 1.29 is 14.3 Å². The van der Waals surface area contributed by atoms with Gasteiger partial charge >= 0.3 is 6.16 Å². The third-order valence-electron chi connectivity index (χ3n) is 3.45. The minimum absolute atomic E-state index is 0.576. The molecule has 1 atom stereocenters. The number of aryl methyl sites for hydroxylation is 1. The SMILES string of the molecule is Cc1ccc2c(c1)C(CI)(c1ccccc1)OC(=O)O2. The first-order chi connectivity index (χ1) is 9.65. The average molecular weight is 380 g/mol. The molecule has 0 saturated heterocycles. The van der Waals surface area contributed by atoms with Crippen molar-refractivity contribution in [1.29, 1.82) is 0 Å². The molecule has 2 aromatic carbocycles. The van der Waals surface area contributed by atoms with Crippen LogP contribution in [0.1, 0.15) is 16.7 Å². The van der Waals surface area contributed by atoms with E-state index in [1.807, 2.05) is 55.5 Å². The van der Waals surface area contributed by atoms with Crippen LogP contribution in [-0.2, 0) is 10.3 Å². The summed E-state index contributed by atoms with van der Waals surface area (Å²) in [5.74, 6) is 0.576. The lowest BCUT2D eigenvalue weighted by Gasteiger charge is -2.36. The maximum atomic E-state index is 11.8. The van der Waals surface area contributed by atoms with Crippen LogP contribution in [0.2, 0.25) is 0 Å². The van der Waals surface area contributed by atoms with E-state index in [0.29, 0.717) is 10.2 Å². The second-order valence-electron chi connectivity index (χ2n) is 4.78. The van der Waals surface area contributed by atoms with Crippen molar-refractivity contribution in [3.05, 3.63) is 65.2 Å². The summed E-state index contributed by atoms with van der Waals surface area (Å²) in [5.41, 5.74) is 2.18. The molecule has 0 amide bonds. The fourth-order valence-electron chi connectivity index (χ4n) is 2.45. The number of carbonyl (C=O) groups excluding carboxylic acids is 1. The van der Waals surface area contributed by atoms with Crippen molar-refractivity contribution in [2.24, 2.45) is 0 Å². The van der Waals surface area contributed by atoms with E-state index in [1.165, 1.54) is 0 Å². The van der Waals surface area contributed by atoms with Gasteiger partial charge in [-0.3, -0.25) is 0 Å². The van der Waals surface area contributed by atoms with Gasteiger partial charge < -0.3 is 9.47 Å². The second kappa shape index (κ2) is 5.09. The van der Waals surface area contributed by atoms with Crippen LogP contribution in [0.5, 0.6) is 5.75 Å². The normalized spacial score (nSPS) is 20.8. The van der Waals surface area contributed by atoms with Crippen LogP contribution in [0, 0.1) is 6.92 Å². The van der Waals surface area contributed by atoms with Gasteiger partial charge in [0.2, 0.25) is 0 Å². The van der Waals surface area contributed by atoms with Crippen LogP contribution in [0.3, 0.4) is 0 Å². The number of rotatable bonds is 2. The molecule has 0 spiro atoms. The molecule has 4 heteroatoms. The maximum absolute atomic E-state index is 11.8. The summed E-state index contributed by atoms with van der Waals surface area (Å²) < 4.78 is 11.4. The van der Waals surface area contributed by atoms with E-state index < -0.39 is 11.8 Å². The summed E-state index contributed by atoms with van der Waals surface area (Å²) in [5, 5.41) is 0. The monoisotopic (exact) mass is 380 g/mol. The Hall–Kier alpha value is -1.56. The fourth-order valence-corrected chi connectivity index (χ4v) is 3.46. The van der Waals surface area contributed by atoms with E-state index in [4.69, 9.17) is 9.47 Å². The van der Waals surface area contributed by atoms with E-state index in [9.17, 15) is 4.79 Å². The van der Waals surface area contributed by atoms with Crippen LogP contribution in [0.4, 0.5) is 4.79 Å². The van der Waals surface area contributed by atoms with Crippen LogP contribution < -0.4 is 4.74 Å². The number of ether oxygens (including phenoxy) is 2. The number of cyclic esters (lactones) is 1. The smallest absolute Gasteiger partial charge is 0.417 e. The van der Waals surface area contributed by atoms with Crippen LogP contribution >= 0.6 is 22.6 Å². The molecule has 1 aliphatic heterocycles. The Bertz CT molecular complexity index is 654. The maximum Gasteiger partial charge on any atom is 0.515 e. The summed E-state index contributed by atoms with van der Waals surface area (Å²) in [6, 6.07) is 15.6. The lowest BCUT2D eigenvalue weighted by molar-refractivity contribution is 0.00675. The largest absolute Gasteiger partial charge is 0.515 e. The van der Waals surface area contributed by atoms with Gasteiger partial charge in [0.05, 0.1) is 0 Å². The number of hydrogen-bond acceptors (Lipinski definition) is 3. The number of halogens is 1.